The van der Waals surface area contributed by atoms with E-state index in [0.29, 0.717) is 0 Å². The Morgan fingerprint density at radius 2 is 1.32 bits per heavy atom. The quantitative estimate of drug-likeness (QED) is 0.385. The summed E-state index contributed by atoms with van der Waals surface area (Å²) < 4.78 is 6.13. The van der Waals surface area contributed by atoms with Gasteiger partial charge in [-0.1, -0.05) is 0 Å². The summed E-state index contributed by atoms with van der Waals surface area (Å²) in [5.41, 5.74) is 1.98. The van der Waals surface area contributed by atoms with Gasteiger partial charge in [-0.2, -0.15) is 0 Å². The predicted molar refractivity (Wildman–Crippen MR) is 112 cm³/mol. The second-order valence-corrected chi connectivity index (χ2v) is 20.5. The van der Waals surface area contributed by atoms with E-state index in [-0.39, 0.29) is 0 Å². The van der Waals surface area contributed by atoms with Crippen LogP contribution in [0.5, 0.6) is 0 Å². The molecule has 0 saturated heterocycles. The van der Waals surface area contributed by atoms with E-state index in [1.54, 1.807) is 3.58 Å². The molecule has 2 rings (SSSR count). The third-order valence-electron chi connectivity index (χ3n) is 5.33. The van der Waals surface area contributed by atoms with Crippen LogP contribution in [0.25, 0.3) is 11.4 Å². The molecule has 2 aromatic rings. The van der Waals surface area contributed by atoms with Crippen LogP contribution in [0.15, 0.2) is 42.7 Å². The van der Waals surface area contributed by atoms with Crippen molar-refractivity contribution in [3.05, 3.63) is 42.7 Å². The van der Waals surface area contributed by atoms with E-state index in [4.69, 9.17) is 4.98 Å². The van der Waals surface area contributed by atoms with Gasteiger partial charge < -0.3 is 0 Å². The first-order valence-corrected chi connectivity index (χ1v) is 17.6. The third-order valence-corrected chi connectivity index (χ3v) is 20.9. The van der Waals surface area contributed by atoms with Crippen LogP contribution >= 0.6 is 0 Å². The van der Waals surface area contributed by atoms with Gasteiger partial charge in [0.15, 0.2) is 0 Å². The zero-order chi connectivity index (χ0) is 18.0. The van der Waals surface area contributed by atoms with Crippen LogP contribution in [0.4, 0.5) is 0 Å². The number of rotatable bonds is 11. The Morgan fingerprint density at radius 1 is 0.720 bits per heavy atom. The second kappa shape index (κ2) is 10.9. The van der Waals surface area contributed by atoms with Crippen LogP contribution in [-0.4, -0.2) is 28.3 Å². The molecule has 2 nitrogen and oxygen atoms in total. The number of pyridine rings is 2. The van der Waals surface area contributed by atoms with Crippen molar-refractivity contribution in [2.45, 2.75) is 72.6 Å². The Bertz CT molecular complexity index is 573. The molecule has 3 heteroatoms. The Balaban J connectivity index is 2.30. The van der Waals surface area contributed by atoms with Gasteiger partial charge in [0, 0.05) is 0 Å². The van der Waals surface area contributed by atoms with Crippen molar-refractivity contribution in [2.24, 2.45) is 0 Å². The molecule has 136 valence electrons. The molecule has 0 atom stereocenters. The van der Waals surface area contributed by atoms with Crippen LogP contribution < -0.4 is 3.58 Å². The van der Waals surface area contributed by atoms with E-state index in [9.17, 15) is 0 Å². The number of nitrogens with zero attached hydrogens (tertiary/aromatic N) is 2. The van der Waals surface area contributed by atoms with Crippen molar-refractivity contribution in [3.63, 3.8) is 0 Å². The van der Waals surface area contributed by atoms with E-state index in [0.717, 1.165) is 11.4 Å². The van der Waals surface area contributed by atoms with E-state index < -0.39 is 18.4 Å². The standard InChI is InChI=1S/C10H7N2.3C4H9.Sn/c1-3-7-11-9(5-1)10-6-2-4-8-12-10;3*1-3-4-2;/h1-3,5-8H;3*1,3-4H2,2H3;. The van der Waals surface area contributed by atoms with Crippen molar-refractivity contribution in [1.29, 1.82) is 0 Å². The summed E-state index contributed by atoms with van der Waals surface area (Å²) in [7, 11) is 0. The number of hydrogen-bond donors (Lipinski definition) is 0. The minimum absolute atomic E-state index is 0.977. The molecule has 0 aliphatic heterocycles. The van der Waals surface area contributed by atoms with Gasteiger partial charge in [0.05, 0.1) is 0 Å². The molecule has 0 N–H and O–H groups in total. The van der Waals surface area contributed by atoms with Gasteiger partial charge in [-0.05, 0) is 0 Å². The van der Waals surface area contributed by atoms with Crippen molar-refractivity contribution in [3.8, 4) is 11.4 Å². The molecular formula is C22H34N2Sn. The first kappa shape index (κ1) is 20.4. The monoisotopic (exact) mass is 446 g/mol. The van der Waals surface area contributed by atoms with Crippen LogP contribution in [0.1, 0.15) is 59.3 Å². The second-order valence-electron chi connectivity index (χ2n) is 7.24. The van der Waals surface area contributed by atoms with Crippen LogP contribution in [0, 0.1) is 0 Å². The van der Waals surface area contributed by atoms with Crippen molar-refractivity contribution >= 4 is 22.0 Å². The van der Waals surface area contributed by atoms with Crippen molar-refractivity contribution < 1.29 is 0 Å². The van der Waals surface area contributed by atoms with Gasteiger partial charge in [0.2, 0.25) is 0 Å². The molecule has 0 saturated carbocycles. The van der Waals surface area contributed by atoms with E-state index in [2.05, 4.69) is 44.1 Å². The molecule has 0 aliphatic rings. The normalized spacial score (nSPS) is 11.6. The summed E-state index contributed by atoms with van der Waals surface area (Å²) in [5, 5.41) is 0. The summed E-state index contributed by atoms with van der Waals surface area (Å²) in [6, 6.07) is 10.7. The first-order chi connectivity index (χ1) is 12.3. The molecule has 0 amide bonds. The molecule has 0 bridgehead atoms. The Kier molecular flexibility index (Phi) is 8.94. The molecule has 0 spiro atoms. The number of unbranched alkanes of at least 4 members (excludes halogenated alkanes) is 3. The Hall–Kier alpha value is -0.901. The van der Waals surface area contributed by atoms with Crippen molar-refractivity contribution in [1.82, 2.24) is 9.97 Å². The number of hydrogen-bond acceptors (Lipinski definition) is 2. The zero-order valence-corrected chi connectivity index (χ0v) is 19.2. The summed E-state index contributed by atoms with van der Waals surface area (Å²) in [6.07, 6.45) is 12.2. The maximum absolute atomic E-state index is 4.83. The van der Waals surface area contributed by atoms with Gasteiger partial charge in [-0.3, -0.25) is 0 Å². The summed E-state index contributed by atoms with van der Waals surface area (Å²) in [6.45, 7) is 7.00. The fourth-order valence-corrected chi connectivity index (χ4v) is 19.4. The molecule has 0 fully saturated rings. The van der Waals surface area contributed by atoms with Gasteiger partial charge >= 0.3 is 159 Å². The Morgan fingerprint density at radius 3 is 1.76 bits per heavy atom. The minimum atomic E-state index is -2.33. The van der Waals surface area contributed by atoms with Crippen molar-refractivity contribution in [2.75, 3.05) is 0 Å². The summed E-state index contributed by atoms with van der Waals surface area (Å²) in [4.78, 5) is 9.27. The van der Waals surface area contributed by atoms with Crippen LogP contribution in [0.2, 0.25) is 13.3 Å². The summed E-state index contributed by atoms with van der Waals surface area (Å²) in [5.74, 6) is 0. The molecule has 0 aliphatic carbocycles. The molecule has 25 heavy (non-hydrogen) atoms. The fraction of sp³-hybridized carbons (Fsp3) is 0.545. The molecule has 0 radical (unpaired) electrons. The molecule has 0 unspecified atom stereocenters. The zero-order valence-electron chi connectivity index (χ0n) is 16.3. The van der Waals surface area contributed by atoms with E-state index in [1.807, 2.05) is 24.4 Å². The SMILES string of the molecule is CCC[CH2][Sn]([CH2]CCC)([CH2]CCC)[c]1ccc(-c2ccccn2)nc1. The average molecular weight is 445 g/mol. The number of aromatic nitrogens is 2. The molecule has 0 aromatic carbocycles. The van der Waals surface area contributed by atoms with E-state index >= 15 is 0 Å². The summed E-state index contributed by atoms with van der Waals surface area (Å²) >= 11 is -2.33. The predicted octanol–water partition coefficient (Wildman–Crippen LogP) is 6.20. The van der Waals surface area contributed by atoms with Crippen LogP contribution in [-0.2, 0) is 0 Å². The molecule has 2 heterocycles. The van der Waals surface area contributed by atoms with Crippen LogP contribution in [0.3, 0.4) is 0 Å². The first-order valence-electron chi connectivity index (χ1n) is 10.1. The third kappa shape index (κ3) is 5.80. The van der Waals surface area contributed by atoms with Gasteiger partial charge in [0.1, 0.15) is 0 Å². The van der Waals surface area contributed by atoms with E-state index in [1.165, 1.54) is 51.8 Å². The van der Waals surface area contributed by atoms with Gasteiger partial charge in [-0.25, -0.2) is 0 Å². The fourth-order valence-electron chi connectivity index (χ4n) is 3.73. The van der Waals surface area contributed by atoms with Gasteiger partial charge in [-0.15, -0.1) is 0 Å². The topological polar surface area (TPSA) is 25.8 Å². The maximum atomic E-state index is 4.83. The van der Waals surface area contributed by atoms with Gasteiger partial charge in [0.25, 0.3) is 0 Å². The molecule has 2 aromatic heterocycles. The Labute approximate surface area is 158 Å². The average Bonchev–Trinajstić information content (AvgIpc) is 2.68. The molecular weight excluding hydrogens is 411 g/mol.